The van der Waals surface area contributed by atoms with Gasteiger partial charge in [0, 0.05) is 6.04 Å². The number of piperidine rings is 1. The maximum Gasteiger partial charge on any atom is 0.283 e. The SMILES string of the molecule is Cc1nc(C)n(C[C@H]2CCCCN2Cc2nnc(-c3ccco3)o2)n1. The number of likely N-dealkylation sites (tertiary alicyclic amines) is 1. The molecule has 0 unspecified atom stereocenters. The molecule has 1 fully saturated rings. The van der Waals surface area contributed by atoms with Gasteiger partial charge in [-0.1, -0.05) is 6.42 Å². The number of hydrogen-bond acceptors (Lipinski definition) is 7. The Labute approximate surface area is 145 Å². The average molecular weight is 342 g/mol. The van der Waals surface area contributed by atoms with E-state index in [0.29, 0.717) is 30.1 Å². The maximum absolute atomic E-state index is 5.76. The molecule has 4 heterocycles. The zero-order chi connectivity index (χ0) is 17.2. The molecule has 0 aliphatic carbocycles. The van der Waals surface area contributed by atoms with Gasteiger partial charge in [0.25, 0.3) is 5.89 Å². The minimum Gasteiger partial charge on any atom is -0.459 e. The molecule has 8 nitrogen and oxygen atoms in total. The summed E-state index contributed by atoms with van der Waals surface area (Å²) in [6, 6.07) is 4.02. The average Bonchev–Trinajstić information content (AvgIpc) is 3.31. The maximum atomic E-state index is 5.76. The zero-order valence-corrected chi connectivity index (χ0v) is 14.6. The predicted octanol–water partition coefficient (Wildman–Crippen LogP) is 2.59. The molecule has 4 rings (SSSR count). The summed E-state index contributed by atoms with van der Waals surface area (Å²) in [5.74, 6) is 3.42. The molecule has 0 radical (unpaired) electrons. The van der Waals surface area contributed by atoms with Crippen molar-refractivity contribution < 1.29 is 8.83 Å². The van der Waals surface area contributed by atoms with E-state index in [2.05, 4.69) is 25.2 Å². The highest BCUT2D eigenvalue weighted by molar-refractivity contribution is 5.42. The van der Waals surface area contributed by atoms with Crippen molar-refractivity contribution in [2.75, 3.05) is 6.54 Å². The fourth-order valence-corrected chi connectivity index (χ4v) is 3.40. The highest BCUT2D eigenvalue weighted by Gasteiger charge is 2.26. The Morgan fingerprint density at radius 3 is 2.92 bits per heavy atom. The molecule has 1 aliphatic rings. The lowest BCUT2D eigenvalue weighted by atomic mass is 10.0. The van der Waals surface area contributed by atoms with Crippen molar-refractivity contribution in [3.8, 4) is 11.7 Å². The second-order valence-electron chi connectivity index (χ2n) is 6.49. The first-order valence-corrected chi connectivity index (χ1v) is 8.67. The van der Waals surface area contributed by atoms with E-state index in [1.165, 1.54) is 12.8 Å². The number of hydrogen-bond donors (Lipinski definition) is 0. The van der Waals surface area contributed by atoms with Gasteiger partial charge < -0.3 is 8.83 Å². The van der Waals surface area contributed by atoms with Crippen LogP contribution in [-0.2, 0) is 13.1 Å². The largest absolute Gasteiger partial charge is 0.459 e. The Balaban J connectivity index is 1.47. The van der Waals surface area contributed by atoms with E-state index in [1.807, 2.05) is 30.7 Å². The molecule has 25 heavy (non-hydrogen) atoms. The van der Waals surface area contributed by atoms with Gasteiger partial charge in [-0.05, 0) is 45.4 Å². The summed E-state index contributed by atoms with van der Waals surface area (Å²) in [7, 11) is 0. The summed E-state index contributed by atoms with van der Waals surface area (Å²) in [6.07, 6.45) is 5.15. The van der Waals surface area contributed by atoms with Gasteiger partial charge in [-0.25, -0.2) is 9.67 Å². The van der Waals surface area contributed by atoms with Crippen molar-refractivity contribution >= 4 is 0 Å². The Hall–Kier alpha value is -2.48. The molecule has 132 valence electrons. The van der Waals surface area contributed by atoms with Crippen LogP contribution >= 0.6 is 0 Å². The van der Waals surface area contributed by atoms with Crippen LogP contribution in [0.1, 0.15) is 36.8 Å². The van der Waals surface area contributed by atoms with Gasteiger partial charge in [-0.3, -0.25) is 4.90 Å². The van der Waals surface area contributed by atoms with Crippen LogP contribution in [0.4, 0.5) is 0 Å². The second-order valence-corrected chi connectivity index (χ2v) is 6.49. The van der Waals surface area contributed by atoms with Crippen LogP contribution in [0.15, 0.2) is 27.2 Å². The van der Waals surface area contributed by atoms with E-state index in [1.54, 1.807) is 6.26 Å². The third kappa shape index (κ3) is 3.48. The molecule has 0 saturated carbocycles. The number of aromatic nitrogens is 5. The fraction of sp³-hybridized carbons (Fsp3) is 0.529. The fourth-order valence-electron chi connectivity index (χ4n) is 3.40. The molecule has 0 aromatic carbocycles. The van der Waals surface area contributed by atoms with Gasteiger partial charge in [0.05, 0.1) is 19.4 Å². The molecular weight excluding hydrogens is 320 g/mol. The predicted molar refractivity (Wildman–Crippen MR) is 89.5 cm³/mol. The first-order valence-electron chi connectivity index (χ1n) is 8.67. The van der Waals surface area contributed by atoms with Gasteiger partial charge in [0.2, 0.25) is 5.89 Å². The van der Waals surface area contributed by atoms with Crippen molar-refractivity contribution in [1.82, 2.24) is 29.9 Å². The van der Waals surface area contributed by atoms with Crippen LogP contribution in [0.3, 0.4) is 0 Å². The summed E-state index contributed by atoms with van der Waals surface area (Å²) in [4.78, 5) is 6.80. The summed E-state index contributed by atoms with van der Waals surface area (Å²) < 4.78 is 13.1. The Kier molecular flexibility index (Phi) is 4.35. The summed E-state index contributed by atoms with van der Waals surface area (Å²) in [5.41, 5.74) is 0. The van der Waals surface area contributed by atoms with Crippen LogP contribution in [0, 0.1) is 13.8 Å². The first-order chi connectivity index (χ1) is 12.2. The second kappa shape index (κ2) is 6.79. The summed E-state index contributed by atoms with van der Waals surface area (Å²) in [6.45, 7) is 6.43. The van der Waals surface area contributed by atoms with E-state index < -0.39 is 0 Å². The third-order valence-electron chi connectivity index (χ3n) is 4.63. The van der Waals surface area contributed by atoms with Crippen molar-refractivity contribution in [1.29, 1.82) is 0 Å². The minimum absolute atomic E-state index is 0.396. The molecule has 3 aromatic rings. The summed E-state index contributed by atoms with van der Waals surface area (Å²) in [5, 5.41) is 12.8. The van der Waals surface area contributed by atoms with Crippen molar-refractivity contribution in [3.63, 3.8) is 0 Å². The van der Waals surface area contributed by atoms with Crippen LogP contribution in [0.5, 0.6) is 0 Å². The lowest BCUT2D eigenvalue weighted by molar-refractivity contribution is 0.110. The van der Waals surface area contributed by atoms with Gasteiger partial charge in [-0.2, -0.15) is 5.10 Å². The molecule has 0 amide bonds. The monoisotopic (exact) mass is 342 g/mol. The normalized spacial score (nSPS) is 18.7. The van der Waals surface area contributed by atoms with Crippen LogP contribution < -0.4 is 0 Å². The first kappa shape index (κ1) is 16.0. The van der Waals surface area contributed by atoms with E-state index in [-0.39, 0.29) is 0 Å². The van der Waals surface area contributed by atoms with E-state index >= 15 is 0 Å². The van der Waals surface area contributed by atoms with Crippen molar-refractivity contribution in [2.24, 2.45) is 0 Å². The van der Waals surface area contributed by atoms with Crippen molar-refractivity contribution in [3.05, 3.63) is 35.9 Å². The lowest BCUT2D eigenvalue weighted by Gasteiger charge is -2.34. The van der Waals surface area contributed by atoms with Gasteiger partial charge >= 0.3 is 0 Å². The highest BCUT2D eigenvalue weighted by atomic mass is 16.4. The lowest BCUT2D eigenvalue weighted by Crippen LogP contribution is -2.42. The zero-order valence-electron chi connectivity index (χ0n) is 14.6. The Morgan fingerprint density at radius 1 is 1.24 bits per heavy atom. The Bertz CT molecular complexity index is 822. The van der Waals surface area contributed by atoms with E-state index in [9.17, 15) is 0 Å². The number of aryl methyl sites for hydroxylation is 2. The number of furan rings is 1. The van der Waals surface area contributed by atoms with Crippen LogP contribution in [-0.4, -0.2) is 42.4 Å². The van der Waals surface area contributed by atoms with Gasteiger partial charge in [-0.15, -0.1) is 10.2 Å². The molecule has 3 aromatic heterocycles. The van der Waals surface area contributed by atoms with Crippen molar-refractivity contribution in [2.45, 2.75) is 52.2 Å². The molecule has 0 N–H and O–H groups in total. The third-order valence-corrected chi connectivity index (χ3v) is 4.63. The molecular formula is C17H22N6O2. The molecule has 0 spiro atoms. The summed E-state index contributed by atoms with van der Waals surface area (Å²) >= 11 is 0. The molecule has 1 aliphatic heterocycles. The van der Waals surface area contributed by atoms with Gasteiger partial charge in [0.15, 0.2) is 5.76 Å². The molecule has 1 atom stereocenters. The number of rotatable bonds is 5. The topological polar surface area (TPSA) is 86.0 Å². The number of nitrogens with zero attached hydrogens (tertiary/aromatic N) is 6. The van der Waals surface area contributed by atoms with Gasteiger partial charge in [0.1, 0.15) is 11.6 Å². The molecule has 8 heteroatoms. The standard InChI is InChI=1S/C17H22N6O2/c1-12-18-13(2)23(21-12)10-14-6-3-4-8-22(14)11-16-19-20-17(25-16)15-7-5-9-24-15/h5,7,9,14H,3-4,6,8,10-11H2,1-2H3/t14-/m1/s1. The Morgan fingerprint density at radius 2 is 2.16 bits per heavy atom. The smallest absolute Gasteiger partial charge is 0.283 e. The molecule has 1 saturated heterocycles. The van der Waals surface area contributed by atoms with E-state index in [0.717, 1.165) is 31.2 Å². The van der Waals surface area contributed by atoms with Crippen LogP contribution in [0.2, 0.25) is 0 Å². The quantitative estimate of drug-likeness (QED) is 0.704. The van der Waals surface area contributed by atoms with Crippen LogP contribution in [0.25, 0.3) is 11.7 Å². The highest BCUT2D eigenvalue weighted by Crippen LogP contribution is 2.23. The minimum atomic E-state index is 0.396. The molecule has 0 bridgehead atoms. The van der Waals surface area contributed by atoms with E-state index in [4.69, 9.17) is 8.83 Å².